The summed E-state index contributed by atoms with van der Waals surface area (Å²) >= 11 is 0. The lowest BCUT2D eigenvalue weighted by Gasteiger charge is -2.12. The molecule has 0 fully saturated rings. The summed E-state index contributed by atoms with van der Waals surface area (Å²) in [6, 6.07) is 4.12. The third kappa shape index (κ3) is 4.39. The third-order valence-corrected chi connectivity index (χ3v) is 4.32. The van der Waals surface area contributed by atoms with Crippen molar-refractivity contribution in [2.75, 3.05) is 14.2 Å². The van der Waals surface area contributed by atoms with Gasteiger partial charge in [-0.25, -0.2) is 9.18 Å². The van der Waals surface area contributed by atoms with Gasteiger partial charge in [0.2, 0.25) is 5.78 Å². The molecule has 0 saturated heterocycles. The number of esters is 2. The number of carbonyl (C=O) groups is 3. The number of hydrogen-bond acceptors (Lipinski definition) is 6. The first-order valence-corrected chi connectivity index (χ1v) is 8.53. The van der Waals surface area contributed by atoms with Crippen molar-refractivity contribution in [2.45, 2.75) is 33.3 Å². The largest absolute Gasteiger partial charge is 0.494 e. The minimum atomic E-state index is -1.09. The zero-order valence-corrected chi connectivity index (χ0v) is 16.3. The lowest BCUT2D eigenvalue weighted by molar-refractivity contribution is -0.145. The summed E-state index contributed by atoms with van der Waals surface area (Å²) in [7, 11) is 2.59. The van der Waals surface area contributed by atoms with Crippen molar-refractivity contribution in [3.05, 3.63) is 52.1 Å². The van der Waals surface area contributed by atoms with Gasteiger partial charge in [0.1, 0.15) is 0 Å². The van der Waals surface area contributed by atoms with Gasteiger partial charge in [0.15, 0.2) is 17.7 Å². The van der Waals surface area contributed by atoms with E-state index in [0.717, 1.165) is 0 Å². The molecule has 1 atom stereocenters. The Morgan fingerprint density at radius 1 is 1.18 bits per heavy atom. The van der Waals surface area contributed by atoms with E-state index in [9.17, 15) is 18.8 Å². The molecular formula is C20H22FNO6. The molecule has 1 aromatic heterocycles. The van der Waals surface area contributed by atoms with E-state index in [1.165, 1.54) is 39.3 Å². The number of hydrogen-bond donors (Lipinski definition) is 1. The van der Waals surface area contributed by atoms with Crippen LogP contribution in [0.1, 0.15) is 44.6 Å². The molecule has 0 radical (unpaired) electrons. The van der Waals surface area contributed by atoms with Crippen LogP contribution in [0.4, 0.5) is 4.39 Å². The maximum Gasteiger partial charge on any atom is 0.339 e. The van der Waals surface area contributed by atoms with Gasteiger partial charge < -0.3 is 19.2 Å². The van der Waals surface area contributed by atoms with Crippen LogP contribution in [0.2, 0.25) is 0 Å². The molecule has 1 heterocycles. The zero-order valence-electron chi connectivity index (χ0n) is 16.3. The molecule has 0 aliphatic rings. The van der Waals surface area contributed by atoms with Crippen LogP contribution in [0.3, 0.4) is 0 Å². The van der Waals surface area contributed by atoms with E-state index in [4.69, 9.17) is 14.2 Å². The first-order chi connectivity index (χ1) is 13.2. The predicted octanol–water partition coefficient (Wildman–Crippen LogP) is 2.92. The lowest BCUT2D eigenvalue weighted by Crippen LogP contribution is -2.26. The van der Waals surface area contributed by atoms with Gasteiger partial charge in [0.25, 0.3) is 0 Å². The van der Waals surface area contributed by atoms with Crippen LogP contribution in [0, 0.1) is 19.7 Å². The standard InChI is InChI=1S/C20H22FNO6/c1-10-17(20(25)27-5)11(2)22-18(10)19(24)12(3)28-16(23)9-13-6-7-15(26-4)14(21)8-13/h6-8,12,22H,9H2,1-5H3/t12-/m1/s1. The Bertz CT molecular complexity index is 918. The number of nitrogens with one attached hydrogen (secondary N) is 1. The molecule has 0 unspecified atom stereocenters. The monoisotopic (exact) mass is 391 g/mol. The molecule has 0 aliphatic carbocycles. The highest BCUT2D eigenvalue weighted by atomic mass is 19.1. The Morgan fingerprint density at radius 3 is 2.43 bits per heavy atom. The maximum absolute atomic E-state index is 13.7. The fourth-order valence-corrected chi connectivity index (χ4v) is 2.89. The number of rotatable bonds is 7. The zero-order chi connectivity index (χ0) is 21.0. The molecule has 0 saturated carbocycles. The van der Waals surface area contributed by atoms with Crippen molar-refractivity contribution < 1.29 is 33.0 Å². The van der Waals surface area contributed by atoms with E-state index in [2.05, 4.69) is 4.98 Å². The topological polar surface area (TPSA) is 94.7 Å². The van der Waals surface area contributed by atoms with Crippen LogP contribution >= 0.6 is 0 Å². The summed E-state index contributed by atoms with van der Waals surface area (Å²) in [5.74, 6) is -2.24. The number of aromatic nitrogens is 1. The molecule has 0 amide bonds. The summed E-state index contributed by atoms with van der Waals surface area (Å²) in [4.78, 5) is 39.4. The summed E-state index contributed by atoms with van der Waals surface area (Å²) in [6.45, 7) is 4.69. The van der Waals surface area contributed by atoms with E-state index in [1.54, 1.807) is 13.8 Å². The van der Waals surface area contributed by atoms with Crippen LogP contribution in [0.25, 0.3) is 0 Å². The van der Waals surface area contributed by atoms with E-state index in [0.29, 0.717) is 16.8 Å². The summed E-state index contributed by atoms with van der Waals surface area (Å²) < 4.78 is 28.4. The average molecular weight is 391 g/mol. The number of H-pyrrole nitrogens is 1. The Balaban J connectivity index is 2.09. The Kier molecular flexibility index (Phi) is 6.56. The van der Waals surface area contributed by atoms with Crippen LogP contribution < -0.4 is 4.74 Å². The van der Waals surface area contributed by atoms with Gasteiger partial charge in [-0.3, -0.25) is 9.59 Å². The molecule has 1 N–H and O–H groups in total. The molecular weight excluding hydrogens is 369 g/mol. The number of carbonyl (C=O) groups excluding carboxylic acids is 3. The van der Waals surface area contributed by atoms with Crippen molar-refractivity contribution >= 4 is 17.7 Å². The average Bonchev–Trinajstić information content (AvgIpc) is 2.94. The normalized spacial score (nSPS) is 11.6. The van der Waals surface area contributed by atoms with Gasteiger partial charge in [-0.1, -0.05) is 6.07 Å². The Morgan fingerprint density at radius 2 is 1.86 bits per heavy atom. The van der Waals surface area contributed by atoms with E-state index in [-0.39, 0.29) is 23.4 Å². The Hall–Kier alpha value is -3.16. The second kappa shape index (κ2) is 8.69. The third-order valence-electron chi connectivity index (χ3n) is 4.32. The number of aryl methyl sites for hydroxylation is 1. The number of ether oxygens (including phenoxy) is 3. The summed E-state index contributed by atoms with van der Waals surface area (Å²) in [5, 5.41) is 0. The van der Waals surface area contributed by atoms with Crippen molar-refractivity contribution in [3.8, 4) is 5.75 Å². The van der Waals surface area contributed by atoms with E-state index >= 15 is 0 Å². The van der Waals surface area contributed by atoms with Gasteiger partial charge in [-0.2, -0.15) is 0 Å². The highest BCUT2D eigenvalue weighted by Crippen LogP contribution is 2.21. The lowest BCUT2D eigenvalue weighted by atomic mass is 10.1. The fraction of sp³-hybridized carbons (Fsp3) is 0.350. The first kappa shape index (κ1) is 21.1. The molecule has 0 spiro atoms. The second-order valence-electron chi connectivity index (χ2n) is 6.26. The minimum Gasteiger partial charge on any atom is -0.494 e. The quantitative estimate of drug-likeness (QED) is 0.576. The number of aromatic amines is 1. The SMILES string of the molecule is COC(=O)c1c(C)[nH]c(C(=O)[C@@H](C)OC(=O)Cc2ccc(OC)c(F)c2)c1C. The number of benzene rings is 1. The molecule has 2 aromatic rings. The van der Waals surface area contributed by atoms with Crippen LogP contribution in [-0.2, 0) is 20.7 Å². The minimum absolute atomic E-state index is 0.0691. The van der Waals surface area contributed by atoms with Crippen molar-refractivity contribution in [1.29, 1.82) is 0 Å². The van der Waals surface area contributed by atoms with Gasteiger partial charge in [0, 0.05) is 5.69 Å². The Labute approximate surface area is 161 Å². The molecule has 150 valence electrons. The van der Waals surface area contributed by atoms with Gasteiger partial charge in [-0.05, 0) is 44.0 Å². The number of ketones is 1. The second-order valence-corrected chi connectivity index (χ2v) is 6.26. The summed E-state index contributed by atoms with van der Waals surface area (Å²) in [5.41, 5.74) is 1.75. The fourth-order valence-electron chi connectivity index (χ4n) is 2.89. The maximum atomic E-state index is 13.7. The summed E-state index contributed by atoms with van der Waals surface area (Å²) in [6.07, 6.45) is -1.29. The molecule has 1 aromatic carbocycles. The highest BCUT2D eigenvalue weighted by molar-refractivity contribution is 6.04. The number of Topliss-reactive ketones (excluding diaryl/α,β-unsaturated/α-hetero) is 1. The van der Waals surface area contributed by atoms with Crippen molar-refractivity contribution in [2.24, 2.45) is 0 Å². The molecule has 7 nitrogen and oxygen atoms in total. The number of methoxy groups -OCH3 is 2. The van der Waals surface area contributed by atoms with Gasteiger partial charge in [-0.15, -0.1) is 0 Å². The predicted molar refractivity (Wildman–Crippen MR) is 98.1 cm³/mol. The molecule has 8 heteroatoms. The van der Waals surface area contributed by atoms with Gasteiger partial charge in [0.05, 0.1) is 31.9 Å². The smallest absolute Gasteiger partial charge is 0.339 e. The molecule has 0 aliphatic heterocycles. The van der Waals surface area contributed by atoms with Gasteiger partial charge >= 0.3 is 11.9 Å². The van der Waals surface area contributed by atoms with E-state index in [1.807, 2.05) is 0 Å². The van der Waals surface area contributed by atoms with Crippen molar-refractivity contribution in [3.63, 3.8) is 0 Å². The highest BCUT2D eigenvalue weighted by Gasteiger charge is 2.27. The van der Waals surface area contributed by atoms with Crippen LogP contribution in [0.15, 0.2) is 18.2 Å². The van der Waals surface area contributed by atoms with Crippen LogP contribution in [0.5, 0.6) is 5.75 Å². The molecule has 28 heavy (non-hydrogen) atoms. The number of halogens is 1. The van der Waals surface area contributed by atoms with Crippen LogP contribution in [-0.4, -0.2) is 43.0 Å². The molecule has 2 rings (SSSR count). The molecule has 0 bridgehead atoms. The van der Waals surface area contributed by atoms with E-state index < -0.39 is 29.6 Å². The van der Waals surface area contributed by atoms with Crippen molar-refractivity contribution in [1.82, 2.24) is 4.98 Å². The first-order valence-electron chi connectivity index (χ1n) is 8.53.